The highest BCUT2D eigenvalue weighted by Crippen LogP contribution is 2.29. The highest BCUT2D eigenvalue weighted by molar-refractivity contribution is 6.03. The molecule has 0 aliphatic heterocycles. The van der Waals surface area contributed by atoms with Gasteiger partial charge in [-0.3, -0.25) is 19.6 Å². The van der Waals surface area contributed by atoms with Gasteiger partial charge in [-0.2, -0.15) is 5.10 Å². The molecule has 4 N–H and O–H groups in total. The largest absolute Gasteiger partial charge is 0.445 e. The number of aromatic nitrogens is 4. The molecule has 2 aromatic carbocycles. The number of anilines is 2. The van der Waals surface area contributed by atoms with Crippen LogP contribution in [0.15, 0.2) is 54.6 Å². The Labute approximate surface area is 232 Å². The lowest BCUT2D eigenvalue weighted by molar-refractivity contribution is -0.116. The molecule has 210 valence electrons. The summed E-state index contributed by atoms with van der Waals surface area (Å²) < 4.78 is 8.79. The molecule has 0 saturated carbocycles. The molecular weight excluding hydrogens is 512 g/mol. The number of hydrogen-bond acceptors (Lipinski definition) is 7. The van der Waals surface area contributed by atoms with E-state index < -0.39 is 12.0 Å². The van der Waals surface area contributed by atoms with Gasteiger partial charge in [0.15, 0.2) is 0 Å². The molecule has 3 amide bonds. The van der Waals surface area contributed by atoms with Crippen LogP contribution in [0.3, 0.4) is 0 Å². The zero-order valence-corrected chi connectivity index (χ0v) is 22.9. The zero-order valence-electron chi connectivity index (χ0n) is 22.9. The third-order valence-electron chi connectivity index (χ3n) is 6.26. The predicted octanol–water partition coefficient (Wildman–Crippen LogP) is 3.05. The number of imidazole rings is 1. The maximum Gasteiger partial charge on any atom is 0.407 e. The minimum absolute atomic E-state index is 0.0115. The van der Waals surface area contributed by atoms with Crippen LogP contribution in [-0.4, -0.2) is 57.4 Å². The quantitative estimate of drug-likeness (QED) is 0.231. The molecule has 12 heteroatoms. The Morgan fingerprint density at radius 3 is 2.60 bits per heavy atom. The van der Waals surface area contributed by atoms with Crippen molar-refractivity contribution >= 4 is 40.6 Å². The first kappa shape index (κ1) is 28.1. The third-order valence-corrected chi connectivity index (χ3v) is 6.26. The molecule has 12 nitrogen and oxygen atoms in total. The van der Waals surface area contributed by atoms with Crippen molar-refractivity contribution in [3.8, 4) is 0 Å². The molecular formula is C28H34N8O4. The molecule has 2 aromatic heterocycles. The first-order chi connectivity index (χ1) is 19.3. The highest BCUT2D eigenvalue weighted by atomic mass is 16.5. The number of benzene rings is 2. The molecule has 40 heavy (non-hydrogen) atoms. The number of amides is 3. The molecule has 2 heterocycles. The summed E-state index contributed by atoms with van der Waals surface area (Å²) in [5, 5.41) is 10.1. The number of nitrogens with two attached hydrogens (primary N) is 1. The fourth-order valence-corrected chi connectivity index (χ4v) is 4.42. The number of rotatable bonds is 12. The maximum absolute atomic E-state index is 13.2. The van der Waals surface area contributed by atoms with Gasteiger partial charge in [0.25, 0.3) is 5.91 Å². The van der Waals surface area contributed by atoms with E-state index in [1.807, 2.05) is 66.9 Å². The van der Waals surface area contributed by atoms with Crippen molar-refractivity contribution in [2.24, 2.45) is 5.73 Å². The number of primary amides is 1. The highest BCUT2D eigenvalue weighted by Gasteiger charge is 2.20. The Bertz CT molecular complexity index is 1490. The number of likely N-dealkylation sites (N-methyl/N-ethyl adjacent to an activating group) is 1. The van der Waals surface area contributed by atoms with Crippen molar-refractivity contribution in [3.63, 3.8) is 0 Å². The molecule has 0 saturated heterocycles. The molecule has 0 atom stereocenters. The maximum atomic E-state index is 13.2. The van der Waals surface area contributed by atoms with E-state index in [0.717, 1.165) is 16.8 Å². The monoisotopic (exact) mass is 546 g/mol. The van der Waals surface area contributed by atoms with Crippen molar-refractivity contribution in [2.45, 2.75) is 40.0 Å². The molecule has 0 aliphatic rings. The third kappa shape index (κ3) is 6.76. The number of aryl methyl sites for hydroxylation is 3. The number of hydrogen-bond donors (Lipinski definition) is 3. The number of para-hydroxylation sites is 1. The van der Waals surface area contributed by atoms with Crippen LogP contribution in [0.2, 0.25) is 0 Å². The van der Waals surface area contributed by atoms with Gasteiger partial charge in [0.05, 0.1) is 23.4 Å². The van der Waals surface area contributed by atoms with Crippen molar-refractivity contribution in [1.29, 1.82) is 0 Å². The average molecular weight is 547 g/mol. The lowest BCUT2D eigenvalue weighted by atomic mass is 10.2. The van der Waals surface area contributed by atoms with Gasteiger partial charge in [0.1, 0.15) is 17.8 Å². The summed E-state index contributed by atoms with van der Waals surface area (Å²) in [6.45, 7) is 5.28. The predicted molar refractivity (Wildman–Crippen MR) is 152 cm³/mol. The van der Waals surface area contributed by atoms with E-state index in [-0.39, 0.29) is 19.1 Å². The fourth-order valence-electron chi connectivity index (χ4n) is 4.42. The molecule has 0 aliphatic carbocycles. The summed E-state index contributed by atoms with van der Waals surface area (Å²) in [6.07, 6.45) is 0.0358. The summed E-state index contributed by atoms with van der Waals surface area (Å²) in [5.74, 6) is -0.470. The lowest BCUT2D eigenvalue weighted by Crippen LogP contribution is -2.30. The van der Waals surface area contributed by atoms with E-state index in [2.05, 4.69) is 15.7 Å². The lowest BCUT2D eigenvalue weighted by Gasteiger charge is -2.17. The summed E-state index contributed by atoms with van der Waals surface area (Å²) in [5.41, 5.74) is 9.54. The Hall–Kier alpha value is -4.87. The Balaban J connectivity index is 1.52. The topological polar surface area (TPSA) is 149 Å². The van der Waals surface area contributed by atoms with E-state index in [1.165, 1.54) is 0 Å². The SMILES string of the molecule is CCn1nc(C)cc1C(=O)Nc1nc2c(N(C)CC(N)=O)cccc2n1CCCNC(=O)OCc1ccccc1. The van der Waals surface area contributed by atoms with Crippen LogP contribution in [0.1, 0.15) is 35.1 Å². The number of nitrogens with zero attached hydrogens (tertiary/aromatic N) is 5. The van der Waals surface area contributed by atoms with Crippen molar-refractivity contribution < 1.29 is 19.1 Å². The first-order valence-corrected chi connectivity index (χ1v) is 13.1. The standard InChI is InChI=1S/C28H34N8O4/c1-4-36-23(16-19(2)33-36)26(38)32-27-31-25-21(34(3)17-24(29)37)12-8-13-22(25)35(27)15-9-14-30-28(39)40-18-20-10-6-5-7-11-20/h5-8,10-13,16H,4,9,14-15,17-18H2,1-3H3,(H2,29,37)(H,30,39)(H,31,32,38). The summed E-state index contributed by atoms with van der Waals surface area (Å²) in [6, 6.07) is 16.8. The molecule has 0 radical (unpaired) electrons. The molecule has 0 fully saturated rings. The average Bonchev–Trinajstić information content (AvgIpc) is 3.49. The summed E-state index contributed by atoms with van der Waals surface area (Å²) in [4.78, 5) is 43.4. The van der Waals surface area contributed by atoms with Gasteiger partial charge in [-0.25, -0.2) is 9.78 Å². The number of carbonyl (C=O) groups is 3. The number of nitrogens with one attached hydrogen (secondary N) is 2. The van der Waals surface area contributed by atoms with Crippen LogP contribution in [-0.2, 0) is 29.2 Å². The van der Waals surface area contributed by atoms with Gasteiger partial charge in [-0.15, -0.1) is 0 Å². The first-order valence-electron chi connectivity index (χ1n) is 13.1. The molecule has 0 bridgehead atoms. The fraction of sp³-hybridized carbons (Fsp3) is 0.321. The number of fused-ring (bicyclic) bond motifs is 1. The second-order valence-electron chi connectivity index (χ2n) is 9.34. The van der Waals surface area contributed by atoms with E-state index in [0.29, 0.717) is 48.9 Å². The minimum atomic E-state index is -0.508. The number of ether oxygens (including phenoxy) is 1. The van der Waals surface area contributed by atoms with Crippen LogP contribution in [0, 0.1) is 6.92 Å². The molecule has 4 rings (SSSR count). The Morgan fingerprint density at radius 2 is 1.88 bits per heavy atom. The summed E-state index contributed by atoms with van der Waals surface area (Å²) in [7, 11) is 1.75. The van der Waals surface area contributed by atoms with E-state index in [9.17, 15) is 14.4 Å². The molecule has 0 unspecified atom stereocenters. The normalized spacial score (nSPS) is 10.9. The Morgan fingerprint density at radius 1 is 1.10 bits per heavy atom. The number of carbonyl (C=O) groups excluding carboxylic acids is 3. The van der Waals surface area contributed by atoms with Crippen LogP contribution in [0.4, 0.5) is 16.4 Å². The van der Waals surface area contributed by atoms with Crippen LogP contribution < -0.4 is 21.3 Å². The van der Waals surface area contributed by atoms with E-state index in [1.54, 1.807) is 22.7 Å². The van der Waals surface area contributed by atoms with Gasteiger partial charge in [0.2, 0.25) is 11.9 Å². The number of alkyl carbamates (subject to hydrolysis) is 1. The van der Waals surface area contributed by atoms with Gasteiger partial charge in [0, 0.05) is 26.7 Å². The second kappa shape index (κ2) is 12.8. The van der Waals surface area contributed by atoms with Crippen molar-refractivity contribution in [2.75, 3.05) is 30.4 Å². The summed E-state index contributed by atoms with van der Waals surface area (Å²) >= 11 is 0. The van der Waals surface area contributed by atoms with Gasteiger partial charge in [-0.05, 0) is 44.0 Å². The smallest absolute Gasteiger partial charge is 0.407 e. The van der Waals surface area contributed by atoms with Crippen molar-refractivity contribution in [3.05, 3.63) is 71.5 Å². The van der Waals surface area contributed by atoms with Crippen LogP contribution in [0.25, 0.3) is 11.0 Å². The molecule has 4 aromatic rings. The van der Waals surface area contributed by atoms with Crippen LogP contribution in [0.5, 0.6) is 0 Å². The van der Waals surface area contributed by atoms with Gasteiger partial charge >= 0.3 is 6.09 Å². The zero-order chi connectivity index (χ0) is 28.6. The Kier molecular flexibility index (Phi) is 9.00. The van der Waals surface area contributed by atoms with E-state index >= 15 is 0 Å². The molecule has 0 spiro atoms. The second-order valence-corrected chi connectivity index (χ2v) is 9.34. The minimum Gasteiger partial charge on any atom is -0.445 e. The van der Waals surface area contributed by atoms with Gasteiger partial charge in [-0.1, -0.05) is 36.4 Å². The van der Waals surface area contributed by atoms with E-state index in [4.69, 9.17) is 15.5 Å². The van der Waals surface area contributed by atoms with Crippen molar-refractivity contribution in [1.82, 2.24) is 24.6 Å². The van der Waals surface area contributed by atoms with Crippen LogP contribution >= 0.6 is 0 Å². The van der Waals surface area contributed by atoms with Gasteiger partial charge < -0.3 is 25.3 Å².